The summed E-state index contributed by atoms with van der Waals surface area (Å²) in [6.07, 6.45) is 1.03. The molecule has 0 bridgehead atoms. The van der Waals surface area contributed by atoms with Gasteiger partial charge in [0.25, 0.3) is 0 Å². The molecule has 1 aromatic rings. The van der Waals surface area contributed by atoms with E-state index in [0.717, 1.165) is 13.0 Å². The summed E-state index contributed by atoms with van der Waals surface area (Å²) in [5, 5.41) is 9.17. The van der Waals surface area contributed by atoms with Gasteiger partial charge < -0.3 is 5.11 Å². The Morgan fingerprint density at radius 2 is 2.33 bits per heavy atom. The third kappa shape index (κ3) is 3.21. The second-order valence-electron chi connectivity index (χ2n) is 4.69. The molecular formula is C13H15ClFNO2. The molecule has 1 fully saturated rings. The largest absolute Gasteiger partial charge is 0.481 e. The molecule has 0 aromatic heterocycles. The van der Waals surface area contributed by atoms with E-state index in [2.05, 4.69) is 4.90 Å². The molecule has 1 atom stereocenters. The van der Waals surface area contributed by atoms with E-state index in [1.165, 1.54) is 6.07 Å². The van der Waals surface area contributed by atoms with Crippen LogP contribution in [0.5, 0.6) is 0 Å². The van der Waals surface area contributed by atoms with Gasteiger partial charge in [0.2, 0.25) is 0 Å². The van der Waals surface area contributed by atoms with Crippen molar-refractivity contribution < 1.29 is 14.3 Å². The molecular weight excluding hydrogens is 257 g/mol. The van der Waals surface area contributed by atoms with Gasteiger partial charge in [0.05, 0.1) is 0 Å². The number of likely N-dealkylation sites (tertiary alicyclic amines) is 1. The van der Waals surface area contributed by atoms with Crippen molar-refractivity contribution in [3.8, 4) is 0 Å². The first-order valence-electron chi connectivity index (χ1n) is 5.93. The van der Waals surface area contributed by atoms with Gasteiger partial charge in [0.15, 0.2) is 0 Å². The third-order valence-electron chi connectivity index (χ3n) is 3.28. The Bertz CT molecular complexity index is 432. The Morgan fingerprint density at radius 1 is 1.56 bits per heavy atom. The molecule has 1 N–H and O–H groups in total. The highest BCUT2D eigenvalue weighted by Crippen LogP contribution is 2.25. The average Bonchev–Trinajstić information content (AvgIpc) is 2.70. The van der Waals surface area contributed by atoms with E-state index in [4.69, 9.17) is 16.7 Å². The lowest BCUT2D eigenvalue weighted by atomic mass is 10.1. The van der Waals surface area contributed by atoms with Crippen LogP contribution in [-0.2, 0) is 11.3 Å². The highest BCUT2D eigenvalue weighted by Gasteiger charge is 2.25. The van der Waals surface area contributed by atoms with Gasteiger partial charge in [-0.25, -0.2) is 4.39 Å². The Morgan fingerprint density at radius 3 is 3.00 bits per heavy atom. The van der Waals surface area contributed by atoms with Crippen LogP contribution in [0.25, 0.3) is 0 Å². The summed E-state index contributed by atoms with van der Waals surface area (Å²) in [5.41, 5.74) is 0.496. The van der Waals surface area contributed by atoms with E-state index in [0.29, 0.717) is 23.7 Å². The Labute approximate surface area is 110 Å². The number of aliphatic carboxylic acids is 1. The van der Waals surface area contributed by atoms with Crippen LogP contribution in [0.15, 0.2) is 18.2 Å². The predicted molar refractivity (Wildman–Crippen MR) is 67.0 cm³/mol. The van der Waals surface area contributed by atoms with Crippen molar-refractivity contribution in [2.24, 2.45) is 5.92 Å². The number of hydrogen-bond donors (Lipinski definition) is 1. The molecule has 3 nitrogen and oxygen atoms in total. The van der Waals surface area contributed by atoms with Crippen LogP contribution in [0, 0.1) is 11.7 Å². The van der Waals surface area contributed by atoms with Gasteiger partial charge in [-0.3, -0.25) is 9.69 Å². The fourth-order valence-electron chi connectivity index (χ4n) is 2.38. The molecule has 0 spiro atoms. The van der Waals surface area contributed by atoms with E-state index in [9.17, 15) is 9.18 Å². The first-order valence-corrected chi connectivity index (χ1v) is 6.31. The van der Waals surface area contributed by atoms with Crippen molar-refractivity contribution in [3.05, 3.63) is 34.6 Å². The van der Waals surface area contributed by atoms with Gasteiger partial charge in [-0.15, -0.1) is 0 Å². The molecule has 1 saturated heterocycles. The van der Waals surface area contributed by atoms with Gasteiger partial charge >= 0.3 is 5.97 Å². The molecule has 98 valence electrons. The van der Waals surface area contributed by atoms with Crippen molar-refractivity contribution in [2.45, 2.75) is 19.4 Å². The molecule has 0 radical (unpaired) electrons. The molecule has 1 heterocycles. The number of rotatable bonds is 4. The molecule has 5 heteroatoms. The smallest absolute Gasteiger partial charge is 0.303 e. The fourth-order valence-corrected chi connectivity index (χ4v) is 2.60. The van der Waals surface area contributed by atoms with E-state index in [1.807, 2.05) is 0 Å². The standard InChI is InChI=1S/C13H15ClFNO2/c14-11-2-1-3-12(15)10(11)8-16-5-4-9(7-16)6-13(17)18/h1-3,9H,4-8H2,(H,17,18)/t9-/m1/s1. The maximum Gasteiger partial charge on any atom is 0.303 e. The number of hydrogen-bond acceptors (Lipinski definition) is 2. The van der Waals surface area contributed by atoms with Crippen molar-refractivity contribution in [2.75, 3.05) is 13.1 Å². The summed E-state index contributed by atoms with van der Waals surface area (Å²) in [5.74, 6) is -0.914. The Kier molecular flexibility index (Phi) is 4.19. The minimum absolute atomic E-state index is 0.160. The van der Waals surface area contributed by atoms with Crippen molar-refractivity contribution >= 4 is 17.6 Å². The first-order chi connectivity index (χ1) is 8.56. The lowest BCUT2D eigenvalue weighted by Gasteiger charge is -2.17. The molecule has 1 aliphatic rings. The van der Waals surface area contributed by atoms with Crippen LogP contribution in [0.1, 0.15) is 18.4 Å². The monoisotopic (exact) mass is 271 g/mol. The van der Waals surface area contributed by atoms with Crippen molar-refractivity contribution in [1.82, 2.24) is 4.90 Å². The lowest BCUT2D eigenvalue weighted by molar-refractivity contribution is -0.138. The third-order valence-corrected chi connectivity index (χ3v) is 3.63. The zero-order valence-electron chi connectivity index (χ0n) is 9.90. The summed E-state index contributed by atoms with van der Waals surface area (Å²) >= 11 is 5.97. The van der Waals surface area contributed by atoms with Crippen LogP contribution in [0.2, 0.25) is 5.02 Å². The number of nitrogens with zero attached hydrogens (tertiary/aromatic N) is 1. The van der Waals surface area contributed by atoms with Gasteiger partial charge in [-0.1, -0.05) is 17.7 Å². The van der Waals surface area contributed by atoms with Crippen LogP contribution in [-0.4, -0.2) is 29.1 Å². The average molecular weight is 272 g/mol. The van der Waals surface area contributed by atoms with Crippen LogP contribution < -0.4 is 0 Å². The molecule has 0 saturated carbocycles. The summed E-state index contributed by atoms with van der Waals surface area (Å²) < 4.78 is 13.6. The first kappa shape index (κ1) is 13.3. The summed E-state index contributed by atoms with van der Waals surface area (Å²) in [6.45, 7) is 1.93. The molecule has 0 amide bonds. The predicted octanol–water partition coefficient (Wildman–Crippen LogP) is 2.78. The zero-order valence-corrected chi connectivity index (χ0v) is 10.7. The molecule has 18 heavy (non-hydrogen) atoms. The van der Waals surface area contributed by atoms with Crippen molar-refractivity contribution in [3.63, 3.8) is 0 Å². The second-order valence-corrected chi connectivity index (χ2v) is 5.10. The normalized spacial score (nSPS) is 20.2. The zero-order chi connectivity index (χ0) is 13.1. The minimum Gasteiger partial charge on any atom is -0.481 e. The van der Waals surface area contributed by atoms with E-state index < -0.39 is 5.97 Å². The fraction of sp³-hybridized carbons (Fsp3) is 0.462. The maximum absolute atomic E-state index is 13.6. The van der Waals surface area contributed by atoms with E-state index >= 15 is 0 Å². The van der Waals surface area contributed by atoms with Crippen LogP contribution >= 0.6 is 11.6 Å². The second kappa shape index (κ2) is 5.67. The Balaban J connectivity index is 1.97. The molecule has 0 unspecified atom stereocenters. The SMILES string of the molecule is O=C(O)C[C@H]1CCN(Cc2c(F)cccc2Cl)C1. The molecule has 1 aromatic carbocycles. The minimum atomic E-state index is -0.772. The quantitative estimate of drug-likeness (QED) is 0.915. The van der Waals surface area contributed by atoms with E-state index in [-0.39, 0.29) is 18.2 Å². The highest BCUT2D eigenvalue weighted by molar-refractivity contribution is 6.31. The topological polar surface area (TPSA) is 40.5 Å². The van der Waals surface area contributed by atoms with Gasteiger partial charge in [0.1, 0.15) is 5.82 Å². The Hall–Kier alpha value is -1.13. The summed E-state index contributed by atoms with van der Waals surface area (Å²) in [4.78, 5) is 12.7. The molecule has 1 aliphatic heterocycles. The number of benzene rings is 1. The number of carbonyl (C=O) groups is 1. The number of carboxylic acid groups (broad SMARTS) is 1. The lowest BCUT2D eigenvalue weighted by Crippen LogP contribution is -2.21. The van der Waals surface area contributed by atoms with Gasteiger partial charge in [-0.05, 0) is 31.0 Å². The van der Waals surface area contributed by atoms with Gasteiger partial charge in [-0.2, -0.15) is 0 Å². The number of halogens is 2. The van der Waals surface area contributed by atoms with Crippen LogP contribution in [0.3, 0.4) is 0 Å². The summed E-state index contributed by atoms with van der Waals surface area (Å²) in [7, 11) is 0. The van der Waals surface area contributed by atoms with E-state index in [1.54, 1.807) is 12.1 Å². The molecule has 2 rings (SSSR count). The van der Waals surface area contributed by atoms with Crippen LogP contribution in [0.4, 0.5) is 4.39 Å². The molecule has 0 aliphatic carbocycles. The summed E-state index contributed by atoms with van der Waals surface area (Å²) in [6, 6.07) is 4.65. The van der Waals surface area contributed by atoms with Gasteiger partial charge in [0, 0.05) is 30.1 Å². The van der Waals surface area contributed by atoms with Crippen molar-refractivity contribution in [1.29, 1.82) is 0 Å². The maximum atomic E-state index is 13.6. The number of carboxylic acids is 1. The highest BCUT2D eigenvalue weighted by atomic mass is 35.5.